The first-order chi connectivity index (χ1) is 20.2. The van der Waals surface area contributed by atoms with Crippen LogP contribution in [0.3, 0.4) is 0 Å². The number of anilines is 3. The molecule has 0 atom stereocenters. The number of hydrogen-bond donors (Lipinski definition) is 5. The van der Waals surface area contributed by atoms with Crippen LogP contribution in [-0.2, 0) is 14.3 Å². The van der Waals surface area contributed by atoms with Gasteiger partial charge in [-0.2, -0.15) is 0 Å². The number of halogens is 2. The van der Waals surface area contributed by atoms with Gasteiger partial charge in [0.2, 0.25) is 0 Å². The van der Waals surface area contributed by atoms with E-state index in [1.807, 2.05) is 0 Å². The Labute approximate surface area is 267 Å². The molecule has 0 saturated carbocycles. The Morgan fingerprint density at radius 3 is 1.74 bits per heavy atom. The lowest BCUT2D eigenvalue weighted by Gasteiger charge is -2.18. The largest absolute Gasteiger partial charge is 0.453 e. The van der Waals surface area contributed by atoms with Crippen LogP contribution in [0.15, 0.2) is 42.5 Å². The smallest absolute Gasteiger partial charge is 0.413 e. The van der Waals surface area contributed by atoms with Gasteiger partial charge in [-0.3, -0.25) is 15.4 Å². The molecule has 0 radical (unpaired) electrons. The fraction of sp³-hybridized carbons (Fsp3) is 0.240. The fourth-order valence-electron chi connectivity index (χ4n) is 3.20. The number of urea groups is 2. The molecular weight excluding hydrogens is 645 g/mol. The number of para-hydroxylation sites is 2. The molecule has 0 spiro atoms. The molecule has 7 amide bonds. The van der Waals surface area contributed by atoms with Crippen LogP contribution < -0.4 is 31.5 Å². The quantitative estimate of drug-likeness (QED) is 0.226. The monoisotopic (exact) mass is 671 g/mol. The number of imide groups is 2. The van der Waals surface area contributed by atoms with Gasteiger partial charge in [0.25, 0.3) is 5.91 Å². The lowest BCUT2D eigenvalue weighted by Crippen LogP contribution is -2.45. The van der Waals surface area contributed by atoms with Gasteiger partial charge >= 0.3 is 24.2 Å². The lowest BCUT2D eigenvalue weighted by molar-refractivity contribution is -0.116. The Balaban J connectivity index is 0.000000300. The molecule has 2 aromatic rings. The molecule has 14 nitrogen and oxygen atoms in total. The second kappa shape index (κ2) is 16.4. The van der Waals surface area contributed by atoms with E-state index in [4.69, 9.17) is 47.6 Å². The van der Waals surface area contributed by atoms with E-state index in [9.17, 15) is 24.0 Å². The third kappa shape index (κ3) is 10.8. The van der Waals surface area contributed by atoms with Crippen molar-refractivity contribution in [1.82, 2.24) is 20.9 Å². The van der Waals surface area contributed by atoms with E-state index in [0.717, 1.165) is 9.80 Å². The van der Waals surface area contributed by atoms with E-state index < -0.39 is 30.2 Å². The maximum Gasteiger partial charge on any atom is 0.413 e. The van der Waals surface area contributed by atoms with Gasteiger partial charge in [-0.05, 0) is 68.6 Å². The van der Waals surface area contributed by atoms with E-state index in [1.165, 1.54) is 32.4 Å². The number of nitrogens with zero attached hydrogens (tertiary/aromatic N) is 2. The SMILES string of the molecule is CC(C)NC(=O)N1CC(=O)N(c2cc(Cl)cc(Cl)c2)C1=O.COC(=O)NC(=S)Nc1ccccc1NC(=S)NC(=O)OC. The number of carbonyl (C=O) groups excluding carboxylic acids is 5. The van der Waals surface area contributed by atoms with Gasteiger partial charge in [0, 0.05) is 16.1 Å². The molecule has 2 aromatic carbocycles. The van der Waals surface area contributed by atoms with Crippen molar-refractivity contribution in [2.75, 3.05) is 36.3 Å². The van der Waals surface area contributed by atoms with Crippen LogP contribution >= 0.6 is 47.6 Å². The van der Waals surface area contributed by atoms with Crippen molar-refractivity contribution >= 4 is 105 Å². The van der Waals surface area contributed by atoms with Crippen molar-refractivity contribution < 1.29 is 33.4 Å². The van der Waals surface area contributed by atoms with Crippen LogP contribution in [0.5, 0.6) is 0 Å². The molecule has 1 saturated heterocycles. The minimum absolute atomic E-state index is 0.0490. The van der Waals surface area contributed by atoms with Gasteiger partial charge in [-0.15, -0.1) is 0 Å². The number of benzene rings is 2. The number of carbonyl (C=O) groups is 5. The summed E-state index contributed by atoms with van der Waals surface area (Å²) in [6, 6.07) is 9.80. The number of alkyl carbamates (subject to hydrolysis) is 2. The maximum absolute atomic E-state index is 12.2. The van der Waals surface area contributed by atoms with Crippen LogP contribution in [0.4, 0.5) is 36.2 Å². The van der Waals surface area contributed by atoms with Gasteiger partial charge in [0.15, 0.2) is 10.2 Å². The molecule has 43 heavy (non-hydrogen) atoms. The summed E-state index contributed by atoms with van der Waals surface area (Å²) in [5.74, 6) is -0.516. The van der Waals surface area contributed by atoms with Crippen molar-refractivity contribution in [1.29, 1.82) is 0 Å². The molecule has 1 aliphatic rings. The van der Waals surface area contributed by atoms with Crippen molar-refractivity contribution in [2.45, 2.75) is 19.9 Å². The molecule has 0 aromatic heterocycles. The highest BCUT2D eigenvalue weighted by Gasteiger charge is 2.41. The molecule has 1 aliphatic heterocycles. The van der Waals surface area contributed by atoms with Crippen LogP contribution in [0.2, 0.25) is 10.0 Å². The second-order valence-electron chi connectivity index (χ2n) is 8.52. The Kier molecular flexibility index (Phi) is 13.3. The zero-order chi connectivity index (χ0) is 32.3. The van der Waals surface area contributed by atoms with E-state index >= 15 is 0 Å². The third-order valence-corrected chi connectivity index (χ3v) is 5.80. The molecule has 1 fully saturated rings. The first-order valence-electron chi connectivity index (χ1n) is 12.1. The predicted octanol–water partition coefficient (Wildman–Crippen LogP) is 4.67. The van der Waals surface area contributed by atoms with Gasteiger partial charge in [0.1, 0.15) is 6.54 Å². The summed E-state index contributed by atoms with van der Waals surface area (Å²) in [6.45, 7) is 3.20. The summed E-state index contributed by atoms with van der Waals surface area (Å²) in [7, 11) is 2.45. The van der Waals surface area contributed by atoms with Gasteiger partial charge in [-0.1, -0.05) is 35.3 Å². The van der Waals surface area contributed by atoms with Crippen molar-refractivity contribution in [2.24, 2.45) is 0 Å². The molecule has 0 aliphatic carbocycles. The Hall–Kier alpha value is -4.25. The van der Waals surface area contributed by atoms with E-state index in [2.05, 4.69) is 36.1 Å². The number of amides is 7. The highest BCUT2D eigenvalue weighted by molar-refractivity contribution is 7.80. The van der Waals surface area contributed by atoms with E-state index in [0.29, 0.717) is 21.4 Å². The highest BCUT2D eigenvalue weighted by atomic mass is 35.5. The molecule has 0 unspecified atom stereocenters. The van der Waals surface area contributed by atoms with E-state index in [1.54, 1.807) is 38.1 Å². The third-order valence-electron chi connectivity index (χ3n) is 4.95. The Morgan fingerprint density at radius 1 is 0.860 bits per heavy atom. The summed E-state index contributed by atoms with van der Waals surface area (Å²) in [5.41, 5.74) is 1.32. The number of methoxy groups -OCH3 is 2. The molecule has 0 bridgehead atoms. The fourth-order valence-corrected chi connectivity index (χ4v) is 4.10. The van der Waals surface area contributed by atoms with Crippen LogP contribution in [0.25, 0.3) is 0 Å². The Morgan fingerprint density at radius 2 is 1.33 bits per heavy atom. The minimum atomic E-state index is -0.725. The normalized spacial score (nSPS) is 12.1. The van der Waals surface area contributed by atoms with Crippen LogP contribution in [0, 0.1) is 0 Å². The van der Waals surface area contributed by atoms with Gasteiger partial charge in [-0.25, -0.2) is 29.0 Å². The predicted molar refractivity (Wildman–Crippen MR) is 170 cm³/mol. The standard InChI is InChI=1S/C13H13Cl2N3O3.C12H14N4O4S2/c1-7(2)16-12(20)17-6-11(19)18(13(17)21)10-4-8(14)3-9(15)5-10;1-19-11(17)15-9(21)13-7-5-3-4-6-8(7)14-10(22)16-12(18)20-2/h3-5,7H,6H2,1-2H3,(H,16,20);3-6H,1-2H3,(H2,13,15,17,21)(H2,14,16,18,22). The Bertz CT molecular complexity index is 1360. The number of thiocarbonyl (C=S) groups is 2. The first kappa shape index (κ1) is 34.9. The summed E-state index contributed by atoms with van der Waals surface area (Å²) >= 11 is 21.7. The first-order valence-corrected chi connectivity index (χ1v) is 13.6. The summed E-state index contributed by atoms with van der Waals surface area (Å²) < 4.78 is 8.87. The number of hydrogen-bond acceptors (Lipinski definition) is 9. The second-order valence-corrected chi connectivity index (χ2v) is 10.2. The maximum atomic E-state index is 12.2. The highest BCUT2D eigenvalue weighted by Crippen LogP contribution is 2.28. The average molecular weight is 673 g/mol. The van der Waals surface area contributed by atoms with Crippen molar-refractivity contribution in [3.63, 3.8) is 0 Å². The summed E-state index contributed by atoms with van der Waals surface area (Å²) in [4.78, 5) is 60.0. The topological polar surface area (TPSA) is 170 Å². The number of ether oxygens (including phenoxy) is 2. The molecular formula is C25H27Cl2N7O7S2. The molecule has 3 rings (SSSR count). The number of rotatable bonds is 4. The number of nitrogens with one attached hydrogen (secondary N) is 5. The average Bonchev–Trinajstić information content (AvgIpc) is 3.22. The zero-order valence-corrected chi connectivity index (χ0v) is 26.3. The molecule has 5 N–H and O–H groups in total. The summed E-state index contributed by atoms with van der Waals surface area (Å²) in [5, 5.41) is 13.5. The van der Waals surface area contributed by atoms with Gasteiger partial charge in [0.05, 0.1) is 31.3 Å². The molecule has 18 heteroatoms. The van der Waals surface area contributed by atoms with Crippen molar-refractivity contribution in [3.8, 4) is 0 Å². The summed E-state index contributed by atoms with van der Waals surface area (Å²) in [6.07, 6.45) is -1.38. The van der Waals surface area contributed by atoms with E-state index in [-0.39, 0.29) is 28.5 Å². The lowest BCUT2D eigenvalue weighted by atomic mass is 10.2. The van der Waals surface area contributed by atoms with Crippen molar-refractivity contribution in [3.05, 3.63) is 52.5 Å². The minimum Gasteiger partial charge on any atom is -0.453 e. The van der Waals surface area contributed by atoms with Gasteiger partial charge < -0.3 is 25.4 Å². The van der Waals surface area contributed by atoms with Crippen LogP contribution in [0.1, 0.15) is 13.8 Å². The van der Waals surface area contributed by atoms with Crippen LogP contribution in [-0.4, -0.2) is 72.1 Å². The molecule has 1 heterocycles. The molecule has 230 valence electrons. The zero-order valence-electron chi connectivity index (χ0n) is 23.2.